The van der Waals surface area contributed by atoms with Crippen molar-refractivity contribution >= 4 is 17.9 Å². The van der Waals surface area contributed by atoms with Gasteiger partial charge in [-0.1, -0.05) is 18.2 Å². The van der Waals surface area contributed by atoms with E-state index >= 15 is 0 Å². The minimum atomic E-state index is -0.356. The summed E-state index contributed by atoms with van der Waals surface area (Å²) in [6.07, 6.45) is 8.01. The summed E-state index contributed by atoms with van der Waals surface area (Å²) >= 11 is 0. The third kappa shape index (κ3) is 4.27. The predicted octanol–water partition coefficient (Wildman–Crippen LogP) is 3.91. The Morgan fingerprint density at radius 2 is 2.10 bits per heavy atom. The first-order valence-corrected chi connectivity index (χ1v) is 9.24. The van der Waals surface area contributed by atoms with Crippen molar-refractivity contribution < 1.29 is 13.9 Å². The lowest BCUT2D eigenvalue weighted by Crippen LogP contribution is -2.14. The number of nitrogens with one attached hydrogen (secondary N) is 1. The van der Waals surface area contributed by atoms with Gasteiger partial charge in [0.2, 0.25) is 5.95 Å². The molecule has 3 aromatic heterocycles. The molecule has 0 fully saturated rings. The Morgan fingerprint density at radius 3 is 2.87 bits per heavy atom. The molecule has 0 aliphatic rings. The molecule has 0 unspecified atom stereocenters. The summed E-state index contributed by atoms with van der Waals surface area (Å²) in [6, 6.07) is 14.7. The third-order valence-electron chi connectivity index (χ3n) is 4.28. The molecule has 0 amide bonds. The number of methoxy groups -OCH3 is 1. The number of allylic oxidation sites excluding steroid dienone is 1. The fourth-order valence-corrected chi connectivity index (χ4v) is 2.81. The van der Waals surface area contributed by atoms with Gasteiger partial charge in [0.1, 0.15) is 11.5 Å². The average molecular weight is 401 g/mol. The number of rotatable bonds is 7. The molecule has 0 atom stereocenters. The topological polar surface area (TPSA) is 95.1 Å². The van der Waals surface area contributed by atoms with Crippen LogP contribution in [0.2, 0.25) is 0 Å². The molecule has 0 aliphatic carbocycles. The fourth-order valence-electron chi connectivity index (χ4n) is 2.81. The zero-order valence-electron chi connectivity index (χ0n) is 16.2. The molecule has 0 radical (unpaired) electrons. The summed E-state index contributed by atoms with van der Waals surface area (Å²) in [4.78, 5) is 21.5. The van der Waals surface area contributed by atoms with E-state index in [0.717, 1.165) is 5.56 Å². The van der Waals surface area contributed by atoms with Crippen LogP contribution in [0.15, 0.2) is 77.7 Å². The molecule has 8 nitrogen and oxygen atoms in total. The quantitative estimate of drug-likeness (QED) is 0.469. The molecular weight excluding hydrogens is 382 g/mol. The number of carbonyl (C=O) groups is 1. The molecule has 4 rings (SSSR count). The van der Waals surface area contributed by atoms with Crippen molar-refractivity contribution in [1.29, 1.82) is 0 Å². The SMILES string of the molecule is COc1ccccc1C=CC(=O)n1nc(-c2cccnc2)nc1NCc1ccco1. The number of pyridine rings is 1. The van der Waals surface area contributed by atoms with Crippen molar-refractivity contribution in [2.45, 2.75) is 6.54 Å². The Bertz CT molecular complexity index is 1150. The maximum absolute atomic E-state index is 12.9. The summed E-state index contributed by atoms with van der Waals surface area (Å²) in [5, 5.41) is 7.48. The second kappa shape index (κ2) is 8.87. The second-order valence-corrected chi connectivity index (χ2v) is 6.26. The van der Waals surface area contributed by atoms with Crippen LogP contribution in [-0.2, 0) is 6.54 Å². The van der Waals surface area contributed by atoms with Gasteiger partial charge in [0.15, 0.2) is 5.82 Å². The number of hydrogen-bond donors (Lipinski definition) is 1. The van der Waals surface area contributed by atoms with Crippen LogP contribution in [0, 0.1) is 0 Å². The first-order chi connectivity index (χ1) is 14.7. The van der Waals surface area contributed by atoms with Gasteiger partial charge in [-0.05, 0) is 36.4 Å². The first-order valence-electron chi connectivity index (χ1n) is 9.24. The molecule has 8 heteroatoms. The molecule has 30 heavy (non-hydrogen) atoms. The van der Waals surface area contributed by atoms with E-state index < -0.39 is 0 Å². The summed E-state index contributed by atoms with van der Waals surface area (Å²) in [6.45, 7) is 0.363. The molecule has 0 aliphatic heterocycles. The molecule has 150 valence electrons. The number of para-hydroxylation sites is 1. The lowest BCUT2D eigenvalue weighted by Gasteiger charge is -2.05. The first kappa shape index (κ1) is 19.1. The number of carbonyl (C=O) groups excluding carboxylic acids is 1. The molecule has 0 spiro atoms. The van der Waals surface area contributed by atoms with Gasteiger partial charge in [0.05, 0.1) is 19.9 Å². The Morgan fingerprint density at radius 1 is 1.20 bits per heavy atom. The Kier molecular flexibility index (Phi) is 5.66. The van der Waals surface area contributed by atoms with Crippen LogP contribution in [0.5, 0.6) is 5.75 Å². The Labute approximate surface area is 172 Å². The lowest BCUT2D eigenvalue weighted by atomic mass is 10.2. The van der Waals surface area contributed by atoms with Gasteiger partial charge in [-0.15, -0.1) is 5.10 Å². The molecule has 1 N–H and O–H groups in total. The zero-order chi connectivity index (χ0) is 20.8. The number of benzene rings is 1. The molecule has 0 saturated carbocycles. The van der Waals surface area contributed by atoms with Crippen molar-refractivity contribution in [3.8, 4) is 17.1 Å². The number of nitrogens with zero attached hydrogens (tertiary/aromatic N) is 4. The average Bonchev–Trinajstić information content (AvgIpc) is 3.47. The van der Waals surface area contributed by atoms with Gasteiger partial charge in [0, 0.05) is 29.6 Å². The van der Waals surface area contributed by atoms with Gasteiger partial charge in [-0.25, -0.2) is 0 Å². The summed E-state index contributed by atoms with van der Waals surface area (Å²) in [5.74, 6) is 1.73. The minimum absolute atomic E-state index is 0.305. The molecule has 0 saturated heterocycles. The molecule has 4 aromatic rings. The fraction of sp³-hybridized carbons (Fsp3) is 0.0909. The van der Waals surface area contributed by atoms with Gasteiger partial charge in [0.25, 0.3) is 5.91 Å². The number of furan rings is 1. The Balaban J connectivity index is 1.63. The monoisotopic (exact) mass is 401 g/mol. The summed E-state index contributed by atoms with van der Waals surface area (Å²) in [7, 11) is 1.59. The van der Waals surface area contributed by atoms with E-state index in [-0.39, 0.29) is 5.91 Å². The number of aromatic nitrogens is 4. The highest BCUT2D eigenvalue weighted by molar-refractivity contribution is 5.95. The van der Waals surface area contributed by atoms with Crippen LogP contribution in [0.4, 0.5) is 5.95 Å². The molecule has 1 aromatic carbocycles. The van der Waals surface area contributed by atoms with Gasteiger partial charge in [-0.2, -0.15) is 9.67 Å². The van der Waals surface area contributed by atoms with Gasteiger partial charge in [-0.3, -0.25) is 9.78 Å². The predicted molar refractivity (Wildman–Crippen MR) is 112 cm³/mol. The summed E-state index contributed by atoms with van der Waals surface area (Å²) < 4.78 is 11.9. The second-order valence-electron chi connectivity index (χ2n) is 6.26. The van der Waals surface area contributed by atoms with E-state index in [1.165, 1.54) is 10.8 Å². The van der Waals surface area contributed by atoms with Crippen LogP contribution >= 0.6 is 0 Å². The highest BCUT2D eigenvalue weighted by atomic mass is 16.5. The van der Waals surface area contributed by atoms with E-state index in [0.29, 0.717) is 35.4 Å². The van der Waals surface area contributed by atoms with E-state index in [2.05, 4.69) is 20.4 Å². The normalized spacial score (nSPS) is 11.0. The summed E-state index contributed by atoms with van der Waals surface area (Å²) in [5.41, 5.74) is 1.49. The van der Waals surface area contributed by atoms with E-state index in [9.17, 15) is 4.79 Å². The number of anilines is 1. The third-order valence-corrected chi connectivity index (χ3v) is 4.28. The largest absolute Gasteiger partial charge is 0.496 e. The van der Waals surface area contributed by atoms with E-state index in [4.69, 9.17) is 9.15 Å². The van der Waals surface area contributed by atoms with Crippen molar-refractivity contribution in [3.63, 3.8) is 0 Å². The van der Waals surface area contributed by atoms with Gasteiger partial charge >= 0.3 is 0 Å². The highest BCUT2D eigenvalue weighted by Gasteiger charge is 2.16. The minimum Gasteiger partial charge on any atom is -0.496 e. The number of ether oxygens (including phenoxy) is 1. The van der Waals surface area contributed by atoms with Crippen LogP contribution in [0.1, 0.15) is 16.1 Å². The van der Waals surface area contributed by atoms with Crippen molar-refractivity contribution in [1.82, 2.24) is 19.7 Å². The van der Waals surface area contributed by atoms with Crippen LogP contribution in [0.3, 0.4) is 0 Å². The molecular formula is C22H19N5O3. The van der Waals surface area contributed by atoms with E-state index in [1.54, 1.807) is 44.0 Å². The number of hydrogen-bond acceptors (Lipinski definition) is 7. The van der Waals surface area contributed by atoms with E-state index in [1.807, 2.05) is 36.4 Å². The molecule has 0 bridgehead atoms. The van der Waals surface area contributed by atoms with Crippen molar-refractivity contribution in [2.75, 3.05) is 12.4 Å². The zero-order valence-corrected chi connectivity index (χ0v) is 16.2. The van der Waals surface area contributed by atoms with Crippen molar-refractivity contribution in [3.05, 3.63) is 84.6 Å². The Hall–Kier alpha value is -4.20. The standard InChI is InChI=1S/C22H19N5O3/c1-29-19-9-3-2-6-16(19)10-11-20(28)27-22(24-15-18-8-5-13-30-18)25-21(26-27)17-7-4-12-23-14-17/h2-14H,15H2,1H3,(H,24,25,26). The van der Waals surface area contributed by atoms with Crippen LogP contribution in [-0.4, -0.2) is 32.8 Å². The van der Waals surface area contributed by atoms with Crippen LogP contribution < -0.4 is 10.1 Å². The maximum atomic E-state index is 12.9. The van der Waals surface area contributed by atoms with Crippen LogP contribution in [0.25, 0.3) is 17.5 Å². The highest BCUT2D eigenvalue weighted by Crippen LogP contribution is 2.20. The lowest BCUT2D eigenvalue weighted by molar-refractivity contribution is 0.0957. The maximum Gasteiger partial charge on any atom is 0.274 e. The van der Waals surface area contributed by atoms with Gasteiger partial charge < -0.3 is 14.5 Å². The smallest absolute Gasteiger partial charge is 0.274 e. The van der Waals surface area contributed by atoms with Crippen molar-refractivity contribution in [2.24, 2.45) is 0 Å². The molecule has 3 heterocycles.